The van der Waals surface area contributed by atoms with E-state index in [0.29, 0.717) is 16.7 Å². The molecule has 7 heteroatoms. The van der Waals surface area contributed by atoms with Crippen molar-refractivity contribution >= 4 is 28.8 Å². The van der Waals surface area contributed by atoms with E-state index >= 15 is 0 Å². The molecule has 2 aliphatic rings. The Morgan fingerprint density at radius 3 is 2.31 bits per heavy atom. The van der Waals surface area contributed by atoms with Crippen LogP contribution in [0.3, 0.4) is 0 Å². The first-order valence-electron chi connectivity index (χ1n) is 9.76. The van der Waals surface area contributed by atoms with Crippen molar-refractivity contribution in [3.05, 3.63) is 65.9 Å². The fourth-order valence-corrected chi connectivity index (χ4v) is 3.71. The van der Waals surface area contributed by atoms with Crippen LogP contribution in [-0.2, 0) is 4.79 Å². The lowest BCUT2D eigenvalue weighted by Gasteiger charge is -2.35. The molecule has 1 fully saturated rings. The first kappa shape index (κ1) is 19.2. The van der Waals surface area contributed by atoms with Crippen LogP contribution in [0.25, 0.3) is 5.57 Å². The molecule has 0 unspecified atom stereocenters. The lowest BCUT2D eigenvalue weighted by Crippen LogP contribution is -2.47. The third-order valence-corrected chi connectivity index (χ3v) is 5.34. The maximum Gasteiger partial charge on any atom is 0.260 e. The minimum atomic E-state index is -0.404. The molecule has 0 bridgehead atoms. The molecular formula is C22H24N4O3. The van der Waals surface area contributed by atoms with Gasteiger partial charge in [0.05, 0.1) is 12.2 Å². The number of benzene rings is 2. The first-order chi connectivity index (χ1) is 14.2. The van der Waals surface area contributed by atoms with E-state index in [1.165, 1.54) is 0 Å². The number of amides is 2. The molecule has 2 heterocycles. The number of carbonyl (C=O) groups is 2. The van der Waals surface area contributed by atoms with Crippen molar-refractivity contribution in [2.24, 2.45) is 0 Å². The zero-order valence-electron chi connectivity index (χ0n) is 16.1. The summed E-state index contributed by atoms with van der Waals surface area (Å²) in [5, 5.41) is 14.6. The van der Waals surface area contributed by atoms with Crippen LogP contribution in [0, 0.1) is 0 Å². The zero-order chi connectivity index (χ0) is 20.2. The second-order valence-electron chi connectivity index (χ2n) is 7.13. The van der Waals surface area contributed by atoms with Gasteiger partial charge in [0.25, 0.3) is 11.8 Å². The van der Waals surface area contributed by atoms with Crippen LogP contribution in [-0.4, -0.2) is 61.2 Å². The highest BCUT2D eigenvalue weighted by atomic mass is 16.3. The summed E-state index contributed by atoms with van der Waals surface area (Å²) in [5.41, 5.74) is 3.58. The smallest absolute Gasteiger partial charge is 0.260 e. The number of imide groups is 1. The third kappa shape index (κ3) is 4.16. The van der Waals surface area contributed by atoms with Crippen molar-refractivity contribution in [3.63, 3.8) is 0 Å². The first-order valence-corrected chi connectivity index (χ1v) is 9.76. The number of rotatable bonds is 5. The van der Waals surface area contributed by atoms with Crippen LogP contribution in [0.4, 0.5) is 11.4 Å². The zero-order valence-corrected chi connectivity index (χ0v) is 16.1. The fourth-order valence-electron chi connectivity index (χ4n) is 3.71. The summed E-state index contributed by atoms with van der Waals surface area (Å²) >= 11 is 0. The molecular weight excluding hydrogens is 368 g/mol. The summed E-state index contributed by atoms with van der Waals surface area (Å²) in [4.78, 5) is 28.8. The molecule has 0 spiro atoms. The van der Waals surface area contributed by atoms with E-state index in [4.69, 9.17) is 5.11 Å². The molecule has 1 saturated heterocycles. The highest BCUT2D eigenvalue weighted by Gasteiger charge is 2.26. The molecule has 0 aromatic heterocycles. The number of carbonyl (C=O) groups excluding carboxylic acids is 2. The highest BCUT2D eigenvalue weighted by Crippen LogP contribution is 2.25. The molecule has 0 saturated carbocycles. The molecule has 29 heavy (non-hydrogen) atoms. The molecule has 4 rings (SSSR count). The summed E-state index contributed by atoms with van der Waals surface area (Å²) in [6, 6.07) is 15.1. The topological polar surface area (TPSA) is 84.9 Å². The molecule has 2 aliphatic heterocycles. The quantitative estimate of drug-likeness (QED) is 0.529. The minimum Gasteiger partial charge on any atom is -0.395 e. The van der Waals surface area contributed by atoms with E-state index in [2.05, 4.69) is 32.6 Å². The Balaban J connectivity index is 1.44. The van der Waals surface area contributed by atoms with Crippen LogP contribution >= 0.6 is 0 Å². The van der Waals surface area contributed by atoms with Crippen molar-refractivity contribution < 1.29 is 14.7 Å². The standard InChI is InChI=1S/C22H24N4O3/c27-14-13-25-9-11-26(12-10-25)17-7-5-16(6-8-17)23-15-20-18-3-1-2-4-19(18)21(28)24-22(20)29/h1-8,15,23,27H,9-14H2,(H,24,28,29)/b20-15-. The van der Waals surface area contributed by atoms with E-state index in [-0.39, 0.29) is 12.5 Å². The molecule has 3 N–H and O–H groups in total. The van der Waals surface area contributed by atoms with Gasteiger partial charge in [-0.3, -0.25) is 19.8 Å². The lowest BCUT2D eigenvalue weighted by molar-refractivity contribution is -0.114. The summed E-state index contributed by atoms with van der Waals surface area (Å²) in [7, 11) is 0. The summed E-state index contributed by atoms with van der Waals surface area (Å²) in [6.45, 7) is 4.68. The van der Waals surface area contributed by atoms with Gasteiger partial charge in [0, 0.05) is 61.4 Å². The number of aliphatic hydroxyl groups is 1. The predicted octanol–water partition coefficient (Wildman–Crippen LogP) is 1.52. The fraction of sp³-hybridized carbons (Fsp3) is 0.273. The number of hydrogen-bond donors (Lipinski definition) is 3. The van der Waals surface area contributed by atoms with E-state index in [0.717, 1.165) is 44.1 Å². The van der Waals surface area contributed by atoms with Crippen molar-refractivity contribution in [2.45, 2.75) is 0 Å². The van der Waals surface area contributed by atoms with E-state index in [1.807, 2.05) is 18.2 Å². The Morgan fingerprint density at radius 1 is 0.931 bits per heavy atom. The van der Waals surface area contributed by atoms with E-state index in [9.17, 15) is 9.59 Å². The molecule has 0 aliphatic carbocycles. The van der Waals surface area contributed by atoms with Crippen LogP contribution in [0.5, 0.6) is 0 Å². The number of hydrogen-bond acceptors (Lipinski definition) is 6. The average Bonchev–Trinajstić information content (AvgIpc) is 2.75. The molecule has 0 atom stereocenters. The Bertz CT molecular complexity index is 931. The van der Waals surface area contributed by atoms with Gasteiger partial charge in [0.2, 0.25) is 0 Å². The average molecular weight is 392 g/mol. The number of anilines is 2. The van der Waals surface area contributed by atoms with Gasteiger partial charge in [-0.15, -0.1) is 0 Å². The monoisotopic (exact) mass is 392 g/mol. The van der Waals surface area contributed by atoms with Gasteiger partial charge in [-0.1, -0.05) is 18.2 Å². The Hall–Kier alpha value is -3.16. The Kier molecular flexibility index (Phi) is 5.59. The Labute approximate surface area is 169 Å². The van der Waals surface area contributed by atoms with Crippen molar-refractivity contribution in [3.8, 4) is 0 Å². The highest BCUT2D eigenvalue weighted by molar-refractivity contribution is 6.31. The Morgan fingerprint density at radius 2 is 1.62 bits per heavy atom. The van der Waals surface area contributed by atoms with Crippen molar-refractivity contribution in [2.75, 3.05) is 49.5 Å². The van der Waals surface area contributed by atoms with Gasteiger partial charge in [-0.25, -0.2) is 0 Å². The summed E-state index contributed by atoms with van der Waals surface area (Å²) < 4.78 is 0. The van der Waals surface area contributed by atoms with Gasteiger partial charge in [0.1, 0.15) is 0 Å². The van der Waals surface area contributed by atoms with Crippen LogP contribution < -0.4 is 15.5 Å². The maximum atomic E-state index is 12.3. The van der Waals surface area contributed by atoms with Crippen LogP contribution in [0.2, 0.25) is 0 Å². The summed E-state index contributed by atoms with van der Waals surface area (Å²) in [5.74, 6) is -0.773. The second kappa shape index (κ2) is 8.46. The molecule has 7 nitrogen and oxygen atoms in total. The lowest BCUT2D eigenvalue weighted by atomic mass is 9.96. The number of nitrogens with zero attached hydrogens (tertiary/aromatic N) is 2. The number of aliphatic hydroxyl groups excluding tert-OH is 1. The van der Waals surface area contributed by atoms with Gasteiger partial charge < -0.3 is 15.3 Å². The van der Waals surface area contributed by atoms with Crippen molar-refractivity contribution in [1.29, 1.82) is 0 Å². The molecule has 2 aromatic carbocycles. The van der Waals surface area contributed by atoms with Gasteiger partial charge in [0.15, 0.2) is 0 Å². The summed E-state index contributed by atoms with van der Waals surface area (Å²) in [6.07, 6.45) is 1.64. The van der Waals surface area contributed by atoms with Crippen LogP contribution in [0.15, 0.2) is 54.7 Å². The number of nitrogens with one attached hydrogen (secondary N) is 2. The van der Waals surface area contributed by atoms with Gasteiger partial charge in [-0.05, 0) is 30.3 Å². The second-order valence-corrected chi connectivity index (χ2v) is 7.13. The SMILES string of the molecule is O=C1NC(=O)c2ccccc2/C1=C/Nc1ccc(N2CCN(CCO)CC2)cc1. The molecule has 2 aromatic rings. The minimum absolute atomic E-state index is 0.201. The molecule has 150 valence electrons. The van der Waals surface area contributed by atoms with Crippen molar-refractivity contribution in [1.82, 2.24) is 10.2 Å². The largest absolute Gasteiger partial charge is 0.395 e. The van der Waals surface area contributed by atoms with Gasteiger partial charge >= 0.3 is 0 Å². The molecule has 0 radical (unpaired) electrons. The predicted molar refractivity (Wildman–Crippen MR) is 113 cm³/mol. The maximum absolute atomic E-state index is 12.3. The molecule has 2 amide bonds. The number of fused-ring (bicyclic) bond motifs is 1. The number of piperazine rings is 1. The van der Waals surface area contributed by atoms with Gasteiger partial charge in [-0.2, -0.15) is 0 Å². The van der Waals surface area contributed by atoms with E-state index < -0.39 is 5.91 Å². The normalized spacial score (nSPS) is 18.5. The van der Waals surface area contributed by atoms with E-state index in [1.54, 1.807) is 24.4 Å². The van der Waals surface area contributed by atoms with Crippen LogP contribution in [0.1, 0.15) is 15.9 Å². The number of β-amino-alcohol motifs (C(OH)–C–C–N with tert-alkyl or cyclic N) is 1. The third-order valence-electron chi connectivity index (χ3n) is 5.34.